The van der Waals surface area contributed by atoms with Gasteiger partial charge < -0.3 is 10.2 Å². The molecule has 3 aromatic rings. The second kappa shape index (κ2) is 7.68. The highest BCUT2D eigenvalue weighted by atomic mass is 32.2. The first kappa shape index (κ1) is 21.6. The van der Waals surface area contributed by atoms with E-state index in [0.717, 1.165) is 36.4 Å². The minimum atomic E-state index is -3.80. The van der Waals surface area contributed by atoms with Crippen LogP contribution in [0.5, 0.6) is 0 Å². The summed E-state index contributed by atoms with van der Waals surface area (Å²) in [4.78, 5) is 6.60. The normalized spacial score (nSPS) is 20.9. The number of rotatable bonds is 6. The molecule has 1 saturated heterocycles. The lowest BCUT2D eigenvalue weighted by Crippen LogP contribution is -2.49. The van der Waals surface area contributed by atoms with Crippen LogP contribution in [0.3, 0.4) is 0 Å². The highest BCUT2D eigenvalue weighted by Crippen LogP contribution is 2.37. The summed E-state index contributed by atoms with van der Waals surface area (Å²) in [6.45, 7) is 6.09. The molecule has 0 spiro atoms. The van der Waals surface area contributed by atoms with Crippen molar-refractivity contribution in [2.24, 2.45) is 0 Å². The summed E-state index contributed by atoms with van der Waals surface area (Å²) in [5.41, 5.74) is 0.972. The van der Waals surface area contributed by atoms with Gasteiger partial charge in [-0.2, -0.15) is 0 Å². The molecule has 3 aromatic heterocycles. The number of nitrogens with one attached hydrogen (secondary N) is 2. The Hall–Kier alpha value is -2.22. The summed E-state index contributed by atoms with van der Waals surface area (Å²) in [5.74, 6) is 0.281. The van der Waals surface area contributed by atoms with Gasteiger partial charge in [-0.3, -0.25) is 4.40 Å². The molecule has 0 aromatic carbocycles. The van der Waals surface area contributed by atoms with Crippen molar-refractivity contribution in [1.29, 1.82) is 0 Å². The van der Waals surface area contributed by atoms with Crippen LogP contribution in [0.15, 0.2) is 23.4 Å². The smallest absolute Gasteiger partial charge is 0.291 e. The molecule has 1 aliphatic carbocycles. The number of piperazine rings is 1. The molecule has 0 bridgehead atoms. The standard InChI is InChI=1S/C19H23F2N7O2S2/c1-11-9-27(6-5-22-11)13-7-12(32(29,30)26-19(2)3-4-19)10-28-14(13)8-23-16(28)18-25-24-17(31-18)15(20)21/h7-8,10-11,15,22,26H,3-6,9H2,1-2H3/t11-/m0/s1. The number of sulfonamides is 1. The lowest BCUT2D eigenvalue weighted by atomic mass is 10.2. The molecule has 9 nitrogen and oxygen atoms in total. The van der Waals surface area contributed by atoms with Crippen molar-refractivity contribution in [2.45, 2.75) is 49.6 Å². The van der Waals surface area contributed by atoms with E-state index in [1.807, 2.05) is 6.92 Å². The lowest BCUT2D eigenvalue weighted by molar-refractivity contribution is 0.150. The van der Waals surface area contributed by atoms with Gasteiger partial charge in [-0.1, -0.05) is 11.3 Å². The Balaban J connectivity index is 1.66. The molecule has 1 atom stereocenters. The summed E-state index contributed by atoms with van der Waals surface area (Å²) >= 11 is 0.745. The van der Waals surface area contributed by atoms with E-state index in [4.69, 9.17) is 0 Å². The molecular weight excluding hydrogens is 460 g/mol. The number of aromatic nitrogens is 4. The van der Waals surface area contributed by atoms with Crippen molar-refractivity contribution in [2.75, 3.05) is 24.5 Å². The van der Waals surface area contributed by atoms with Crippen LogP contribution in [0.4, 0.5) is 14.5 Å². The first-order chi connectivity index (χ1) is 15.2. The molecule has 0 unspecified atom stereocenters. The van der Waals surface area contributed by atoms with Gasteiger partial charge in [0.15, 0.2) is 15.8 Å². The minimum Gasteiger partial charge on any atom is -0.367 e. The Bertz CT molecular complexity index is 1270. The number of anilines is 1. The summed E-state index contributed by atoms with van der Waals surface area (Å²) in [5, 5.41) is 10.6. The van der Waals surface area contributed by atoms with E-state index in [0.29, 0.717) is 18.6 Å². The summed E-state index contributed by atoms with van der Waals surface area (Å²) < 4.78 is 56.9. The van der Waals surface area contributed by atoms with Crippen LogP contribution in [0.2, 0.25) is 0 Å². The van der Waals surface area contributed by atoms with Gasteiger partial charge >= 0.3 is 0 Å². The second-order valence-electron chi connectivity index (χ2n) is 8.61. The third-order valence-electron chi connectivity index (χ3n) is 5.81. The number of hydrogen-bond donors (Lipinski definition) is 2. The van der Waals surface area contributed by atoms with E-state index in [9.17, 15) is 17.2 Å². The van der Waals surface area contributed by atoms with Crippen LogP contribution in [-0.4, -0.2) is 59.2 Å². The number of halogens is 2. The highest BCUT2D eigenvalue weighted by molar-refractivity contribution is 7.89. The molecule has 13 heteroatoms. The van der Waals surface area contributed by atoms with Crippen LogP contribution < -0.4 is 14.9 Å². The number of fused-ring (bicyclic) bond motifs is 1. The zero-order valence-corrected chi connectivity index (χ0v) is 19.2. The molecule has 2 N–H and O–H groups in total. The topological polar surface area (TPSA) is 105 Å². The van der Waals surface area contributed by atoms with Crippen molar-refractivity contribution >= 4 is 32.6 Å². The quantitative estimate of drug-likeness (QED) is 0.555. The number of pyridine rings is 1. The van der Waals surface area contributed by atoms with E-state index in [1.165, 1.54) is 6.20 Å². The summed E-state index contributed by atoms with van der Waals surface area (Å²) in [7, 11) is -3.80. The zero-order valence-electron chi connectivity index (χ0n) is 17.5. The average Bonchev–Trinajstić information content (AvgIpc) is 3.14. The molecule has 5 rings (SSSR count). The summed E-state index contributed by atoms with van der Waals surface area (Å²) in [6, 6.07) is 1.89. The fraction of sp³-hybridized carbons (Fsp3) is 0.526. The van der Waals surface area contributed by atoms with Crippen molar-refractivity contribution in [3.8, 4) is 10.8 Å². The summed E-state index contributed by atoms with van der Waals surface area (Å²) in [6.07, 6.45) is 1.93. The Morgan fingerprint density at radius 1 is 1.34 bits per heavy atom. The van der Waals surface area contributed by atoms with Crippen LogP contribution in [-0.2, 0) is 10.0 Å². The second-order valence-corrected chi connectivity index (χ2v) is 11.3. The largest absolute Gasteiger partial charge is 0.367 e. The van der Waals surface area contributed by atoms with E-state index in [2.05, 4.69) is 37.0 Å². The zero-order chi connectivity index (χ0) is 22.7. The van der Waals surface area contributed by atoms with Crippen LogP contribution in [0, 0.1) is 0 Å². The van der Waals surface area contributed by atoms with E-state index in [1.54, 1.807) is 16.7 Å². The number of alkyl halides is 2. The molecule has 0 amide bonds. The Labute approximate surface area is 187 Å². The highest BCUT2D eigenvalue weighted by Gasteiger charge is 2.41. The van der Waals surface area contributed by atoms with Gasteiger partial charge in [0.05, 0.1) is 17.4 Å². The molecule has 4 heterocycles. The number of hydrogen-bond acceptors (Lipinski definition) is 8. The number of nitrogens with zero attached hydrogens (tertiary/aromatic N) is 5. The van der Waals surface area contributed by atoms with Gasteiger partial charge in [-0.05, 0) is 32.8 Å². The van der Waals surface area contributed by atoms with Gasteiger partial charge in [0.1, 0.15) is 4.90 Å². The predicted octanol–water partition coefficient (Wildman–Crippen LogP) is 2.42. The van der Waals surface area contributed by atoms with E-state index in [-0.39, 0.29) is 21.8 Å². The number of imidazole rings is 1. The van der Waals surface area contributed by atoms with Crippen LogP contribution in [0.1, 0.15) is 38.1 Å². The lowest BCUT2D eigenvalue weighted by Gasteiger charge is -2.34. The van der Waals surface area contributed by atoms with Gasteiger partial charge in [0, 0.05) is 37.4 Å². The molecule has 1 saturated carbocycles. The molecule has 172 valence electrons. The molecule has 2 aliphatic rings. The van der Waals surface area contributed by atoms with E-state index >= 15 is 0 Å². The maximum absolute atomic E-state index is 13.2. The average molecular weight is 484 g/mol. The molecule has 0 radical (unpaired) electrons. The maximum Gasteiger partial charge on any atom is 0.291 e. The van der Waals surface area contributed by atoms with Gasteiger partial charge in [-0.15, -0.1) is 10.2 Å². The maximum atomic E-state index is 13.2. The molecule has 1 aliphatic heterocycles. The molecular formula is C19H23F2N7O2S2. The Morgan fingerprint density at radius 3 is 2.78 bits per heavy atom. The van der Waals surface area contributed by atoms with Crippen molar-refractivity contribution < 1.29 is 17.2 Å². The monoisotopic (exact) mass is 483 g/mol. The van der Waals surface area contributed by atoms with Gasteiger partial charge in [0.25, 0.3) is 6.43 Å². The fourth-order valence-corrected chi connectivity index (χ4v) is 6.02. The first-order valence-electron chi connectivity index (χ1n) is 10.3. The van der Waals surface area contributed by atoms with Crippen molar-refractivity contribution in [1.82, 2.24) is 29.6 Å². The first-order valence-corrected chi connectivity index (χ1v) is 12.6. The SMILES string of the molecule is C[C@H]1CN(c2cc(S(=O)(=O)NC3(C)CC3)cn3c(-c4nnc(C(F)F)s4)ncc23)CCN1. The Morgan fingerprint density at radius 2 is 2.12 bits per heavy atom. The van der Waals surface area contributed by atoms with Gasteiger partial charge in [-0.25, -0.2) is 26.9 Å². The third kappa shape index (κ3) is 3.98. The fourth-order valence-electron chi connectivity index (χ4n) is 3.85. The third-order valence-corrected chi connectivity index (χ3v) is 8.35. The van der Waals surface area contributed by atoms with Crippen molar-refractivity contribution in [3.63, 3.8) is 0 Å². The van der Waals surface area contributed by atoms with E-state index < -0.39 is 27.0 Å². The van der Waals surface area contributed by atoms with Crippen molar-refractivity contribution in [3.05, 3.63) is 23.5 Å². The Kier molecular flexibility index (Phi) is 5.19. The predicted molar refractivity (Wildman–Crippen MR) is 117 cm³/mol. The van der Waals surface area contributed by atoms with Gasteiger partial charge in [0.2, 0.25) is 10.0 Å². The molecule has 32 heavy (non-hydrogen) atoms. The minimum absolute atomic E-state index is 0.0946. The van der Waals surface area contributed by atoms with Crippen LogP contribution in [0.25, 0.3) is 16.3 Å². The van der Waals surface area contributed by atoms with Crippen LogP contribution >= 0.6 is 11.3 Å². The molecule has 2 fully saturated rings.